The lowest BCUT2D eigenvalue weighted by Gasteiger charge is -2.27. The van der Waals surface area contributed by atoms with Crippen LogP contribution in [0, 0.1) is 0 Å². The van der Waals surface area contributed by atoms with Crippen LogP contribution in [0.1, 0.15) is 25.3 Å². The summed E-state index contributed by atoms with van der Waals surface area (Å²) in [5, 5.41) is 11.7. The molecule has 3 aromatic carbocycles. The summed E-state index contributed by atoms with van der Waals surface area (Å²) < 4.78 is 30.1. The molecule has 0 radical (unpaired) electrons. The minimum absolute atomic E-state index is 0.0655. The summed E-state index contributed by atoms with van der Waals surface area (Å²) in [7, 11) is 0. The zero-order chi connectivity index (χ0) is 39.0. The Bertz CT molecular complexity index is 1720. The average molecular weight is 763 g/mol. The van der Waals surface area contributed by atoms with E-state index in [2.05, 4.69) is 5.32 Å². The van der Waals surface area contributed by atoms with Crippen LogP contribution in [0.25, 0.3) is 0 Å². The smallest absolute Gasteiger partial charge is 0.414 e. The molecule has 0 aromatic heterocycles. The third kappa shape index (κ3) is 12.8. The van der Waals surface area contributed by atoms with Gasteiger partial charge in [-0.3, -0.25) is 24.6 Å². The molecule has 294 valence electrons. The number of cyclic esters (lactones) is 1. The van der Waals surface area contributed by atoms with Crippen molar-refractivity contribution >= 4 is 52.7 Å². The van der Waals surface area contributed by atoms with E-state index in [0.29, 0.717) is 57.3 Å². The molecule has 0 saturated carbocycles. The van der Waals surface area contributed by atoms with Crippen molar-refractivity contribution in [3.8, 4) is 0 Å². The fourth-order valence-corrected chi connectivity index (χ4v) is 5.45. The number of hydrogen-bond donors (Lipinski definition) is 2. The Kier molecular flexibility index (Phi) is 15.4. The van der Waals surface area contributed by atoms with Crippen LogP contribution in [-0.2, 0) is 49.4 Å². The molecule has 4 aliphatic rings. The maximum atomic E-state index is 11.8. The van der Waals surface area contributed by atoms with Crippen LogP contribution in [0.5, 0.6) is 0 Å². The number of anilines is 4. The molecule has 0 spiro atoms. The summed E-state index contributed by atoms with van der Waals surface area (Å²) in [5.41, 5.74) is 3.77. The maximum Gasteiger partial charge on any atom is 0.414 e. The van der Waals surface area contributed by atoms with Crippen LogP contribution in [0.2, 0.25) is 0 Å². The third-order valence-corrected chi connectivity index (χ3v) is 8.45. The molecule has 16 heteroatoms. The Labute approximate surface area is 318 Å². The number of ether oxygens (including phenoxy) is 6. The Morgan fingerprint density at radius 3 is 1.85 bits per heavy atom. The van der Waals surface area contributed by atoms with Gasteiger partial charge in [-0.1, -0.05) is 37.3 Å². The van der Waals surface area contributed by atoms with Gasteiger partial charge in [0, 0.05) is 42.3 Å². The number of rotatable bonds is 11. The lowest BCUT2D eigenvalue weighted by atomic mass is 10.2. The molecule has 3 aromatic rings. The van der Waals surface area contributed by atoms with Gasteiger partial charge in [0.2, 0.25) is 0 Å². The van der Waals surface area contributed by atoms with Gasteiger partial charge in [0.1, 0.15) is 38.6 Å². The SMILES string of the molecule is CCCC(=O)OC[C@H]1CO1.O=C(Nc1ccc(N2CCOCC2=O)cc1)OCc1ccccc1.O=C1COCCN1c1ccc(N2C[C@H](CO)OC2=O)cc1. The molecular weight excluding hydrogens is 716 g/mol. The number of esters is 1. The third-order valence-electron chi connectivity index (χ3n) is 8.45. The van der Waals surface area contributed by atoms with E-state index in [9.17, 15) is 24.0 Å². The molecule has 4 heterocycles. The largest absolute Gasteiger partial charge is 0.463 e. The quantitative estimate of drug-likeness (QED) is 0.163. The first kappa shape index (κ1) is 40.6. The van der Waals surface area contributed by atoms with Crippen molar-refractivity contribution in [2.45, 2.75) is 38.6 Å². The van der Waals surface area contributed by atoms with Crippen molar-refractivity contribution < 1.29 is 57.5 Å². The summed E-state index contributed by atoms with van der Waals surface area (Å²) in [4.78, 5) is 62.5. The summed E-state index contributed by atoms with van der Waals surface area (Å²) in [5.74, 6) is -0.253. The lowest BCUT2D eigenvalue weighted by Crippen LogP contribution is -2.41. The first-order chi connectivity index (χ1) is 26.7. The van der Waals surface area contributed by atoms with Gasteiger partial charge >= 0.3 is 18.2 Å². The Morgan fingerprint density at radius 1 is 0.782 bits per heavy atom. The number of amides is 4. The molecule has 7 rings (SSSR count). The van der Waals surface area contributed by atoms with E-state index in [1.165, 1.54) is 4.90 Å². The summed E-state index contributed by atoms with van der Waals surface area (Å²) in [6, 6.07) is 23.6. The van der Waals surface area contributed by atoms with Gasteiger partial charge in [-0.05, 0) is 60.5 Å². The van der Waals surface area contributed by atoms with Crippen LogP contribution >= 0.6 is 0 Å². The highest BCUT2D eigenvalue weighted by atomic mass is 16.6. The number of carbonyl (C=O) groups excluding carboxylic acids is 5. The summed E-state index contributed by atoms with van der Waals surface area (Å²) in [6.45, 7) is 5.79. The van der Waals surface area contributed by atoms with Crippen LogP contribution in [0.3, 0.4) is 0 Å². The first-order valence-electron chi connectivity index (χ1n) is 18.0. The highest BCUT2D eigenvalue weighted by molar-refractivity contribution is 5.96. The molecule has 4 fully saturated rings. The number of morpholine rings is 2. The Balaban J connectivity index is 0.000000171. The molecule has 4 saturated heterocycles. The second-order valence-corrected chi connectivity index (χ2v) is 12.6. The maximum absolute atomic E-state index is 11.8. The molecular formula is C39H46N4O12. The van der Waals surface area contributed by atoms with Gasteiger partial charge < -0.3 is 43.3 Å². The van der Waals surface area contributed by atoms with Crippen molar-refractivity contribution in [2.24, 2.45) is 0 Å². The van der Waals surface area contributed by atoms with Crippen molar-refractivity contribution in [2.75, 3.05) is 85.9 Å². The van der Waals surface area contributed by atoms with Gasteiger partial charge in [-0.2, -0.15) is 0 Å². The van der Waals surface area contributed by atoms with Crippen LogP contribution < -0.4 is 20.0 Å². The van der Waals surface area contributed by atoms with E-state index in [0.717, 1.165) is 30.0 Å². The van der Waals surface area contributed by atoms with Gasteiger partial charge in [-0.15, -0.1) is 0 Å². The number of aliphatic hydroxyl groups is 1. The second-order valence-electron chi connectivity index (χ2n) is 12.6. The fraction of sp³-hybridized carbons (Fsp3) is 0.410. The van der Waals surface area contributed by atoms with E-state index in [1.807, 2.05) is 37.3 Å². The van der Waals surface area contributed by atoms with E-state index < -0.39 is 18.3 Å². The number of nitrogens with zero attached hydrogens (tertiary/aromatic N) is 3. The number of aliphatic hydroxyl groups excluding tert-OH is 1. The Morgan fingerprint density at radius 2 is 1.35 bits per heavy atom. The number of carbonyl (C=O) groups is 5. The van der Waals surface area contributed by atoms with E-state index in [1.54, 1.807) is 58.3 Å². The number of epoxide rings is 1. The van der Waals surface area contributed by atoms with Crippen LogP contribution in [0.15, 0.2) is 78.9 Å². The van der Waals surface area contributed by atoms with E-state index in [-0.39, 0.29) is 50.3 Å². The van der Waals surface area contributed by atoms with Gasteiger partial charge in [-0.25, -0.2) is 9.59 Å². The van der Waals surface area contributed by atoms with E-state index in [4.69, 9.17) is 33.5 Å². The Hall–Kier alpha value is -5.55. The van der Waals surface area contributed by atoms with Crippen molar-refractivity contribution in [1.29, 1.82) is 0 Å². The number of benzene rings is 3. The molecule has 0 bridgehead atoms. The van der Waals surface area contributed by atoms with Crippen molar-refractivity contribution in [1.82, 2.24) is 0 Å². The molecule has 4 aliphatic heterocycles. The molecule has 4 amide bonds. The zero-order valence-electron chi connectivity index (χ0n) is 30.6. The zero-order valence-corrected chi connectivity index (χ0v) is 30.6. The summed E-state index contributed by atoms with van der Waals surface area (Å²) in [6.07, 6.45) is 0.0916. The van der Waals surface area contributed by atoms with E-state index >= 15 is 0 Å². The predicted octanol–water partition coefficient (Wildman–Crippen LogP) is 3.89. The number of hydrogen-bond acceptors (Lipinski definition) is 12. The molecule has 55 heavy (non-hydrogen) atoms. The van der Waals surface area contributed by atoms with Gasteiger partial charge in [0.25, 0.3) is 11.8 Å². The standard InChI is InChI=1S/C18H18N2O4.C14H16N2O5.C7H12O3/c21-17-13-23-11-10-20(17)16-8-6-15(7-9-16)19-18(22)24-12-14-4-2-1-3-5-14;17-8-12-7-16(14(19)21-12)11-3-1-10(2-4-11)15-5-6-20-9-13(15)18;1-2-3-7(8)10-5-6-4-9-6/h1-9H,10-13H2,(H,19,22);1-4,12,17H,5-9H2;6H,2-5H2,1H3/t;12-;6-/m.11/s1. The highest BCUT2D eigenvalue weighted by Crippen LogP contribution is 2.26. The minimum atomic E-state index is -0.519. The van der Waals surface area contributed by atoms with Crippen molar-refractivity contribution in [3.63, 3.8) is 0 Å². The molecule has 0 unspecified atom stereocenters. The predicted molar refractivity (Wildman–Crippen MR) is 200 cm³/mol. The minimum Gasteiger partial charge on any atom is -0.463 e. The summed E-state index contributed by atoms with van der Waals surface area (Å²) >= 11 is 0. The second kappa shape index (κ2) is 20.8. The van der Waals surface area contributed by atoms with Gasteiger partial charge in [0.15, 0.2) is 0 Å². The van der Waals surface area contributed by atoms with Crippen LogP contribution in [0.4, 0.5) is 32.3 Å². The number of nitrogens with one attached hydrogen (secondary N) is 1. The molecule has 0 aliphatic carbocycles. The molecule has 16 nitrogen and oxygen atoms in total. The molecule has 2 atom stereocenters. The van der Waals surface area contributed by atoms with Crippen molar-refractivity contribution in [3.05, 3.63) is 84.4 Å². The lowest BCUT2D eigenvalue weighted by molar-refractivity contribution is -0.144. The first-order valence-corrected chi connectivity index (χ1v) is 18.0. The monoisotopic (exact) mass is 762 g/mol. The average Bonchev–Trinajstić information content (AvgIpc) is 3.97. The normalized spacial score (nSPS) is 18.9. The topological polar surface area (TPSA) is 186 Å². The fourth-order valence-electron chi connectivity index (χ4n) is 5.45. The highest BCUT2D eigenvalue weighted by Gasteiger charge is 2.32. The molecule has 2 N–H and O–H groups in total. The van der Waals surface area contributed by atoms with Gasteiger partial charge in [0.05, 0.1) is 33.0 Å². The van der Waals surface area contributed by atoms with Crippen LogP contribution in [-0.4, -0.2) is 113 Å².